The van der Waals surface area contributed by atoms with Crippen molar-refractivity contribution in [2.75, 3.05) is 7.11 Å². The Morgan fingerprint density at radius 2 is 2.16 bits per heavy atom. The highest BCUT2D eigenvalue weighted by Crippen LogP contribution is 2.19. The van der Waals surface area contributed by atoms with Gasteiger partial charge in [-0.25, -0.2) is 0 Å². The van der Waals surface area contributed by atoms with Gasteiger partial charge in [0.25, 0.3) is 0 Å². The first-order valence-electron chi connectivity index (χ1n) is 6.17. The van der Waals surface area contributed by atoms with Crippen LogP contribution >= 0.6 is 15.9 Å². The second-order valence-corrected chi connectivity index (χ2v) is 5.26. The Hall–Kier alpha value is -1.39. The molecule has 1 aromatic heterocycles. The first kappa shape index (κ1) is 14.0. The molecule has 0 spiro atoms. The predicted molar refractivity (Wildman–Crippen MR) is 80.2 cm³/mol. The number of benzene rings is 1. The zero-order valence-corrected chi connectivity index (χ0v) is 12.6. The van der Waals surface area contributed by atoms with Crippen LogP contribution in [0.1, 0.15) is 24.2 Å². The van der Waals surface area contributed by atoms with Crippen LogP contribution in [-0.4, -0.2) is 12.1 Å². The summed E-state index contributed by atoms with van der Waals surface area (Å²) in [5.74, 6) is 0.882. The summed E-state index contributed by atoms with van der Waals surface area (Å²) in [4.78, 5) is 4.34. The minimum absolute atomic E-state index is 0.251. The van der Waals surface area contributed by atoms with E-state index in [1.165, 1.54) is 5.56 Å². The molecule has 0 aliphatic carbocycles. The van der Waals surface area contributed by atoms with Crippen LogP contribution in [0, 0.1) is 0 Å². The highest BCUT2D eigenvalue weighted by atomic mass is 79.9. The average molecular weight is 321 g/mol. The van der Waals surface area contributed by atoms with Crippen molar-refractivity contribution in [3.63, 3.8) is 0 Å². The van der Waals surface area contributed by atoms with E-state index >= 15 is 0 Å². The number of methoxy groups -OCH3 is 1. The summed E-state index contributed by atoms with van der Waals surface area (Å²) in [7, 11) is 1.68. The Balaban J connectivity index is 1.96. The van der Waals surface area contributed by atoms with E-state index in [2.05, 4.69) is 39.2 Å². The molecule has 2 aromatic rings. The lowest BCUT2D eigenvalue weighted by atomic mass is 10.1. The van der Waals surface area contributed by atoms with Crippen LogP contribution in [0.3, 0.4) is 0 Å². The molecule has 0 aliphatic heterocycles. The van der Waals surface area contributed by atoms with Gasteiger partial charge >= 0.3 is 0 Å². The summed E-state index contributed by atoms with van der Waals surface area (Å²) in [5, 5.41) is 3.45. The molecule has 100 valence electrons. The Bertz CT molecular complexity index is 528. The van der Waals surface area contributed by atoms with E-state index < -0.39 is 0 Å². The molecule has 0 unspecified atom stereocenters. The third-order valence-electron chi connectivity index (χ3n) is 2.97. The molecule has 0 saturated carbocycles. The van der Waals surface area contributed by atoms with Crippen LogP contribution in [0.5, 0.6) is 5.75 Å². The van der Waals surface area contributed by atoms with Gasteiger partial charge in [-0.3, -0.25) is 4.98 Å². The van der Waals surface area contributed by atoms with E-state index in [-0.39, 0.29) is 6.04 Å². The summed E-state index contributed by atoms with van der Waals surface area (Å²) >= 11 is 3.38. The van der Waals surface area contributed by atoms with Crippen molar-refractivity contribution < 1.29 is 4.74 Å². The number of nitrogens with zero attached hydrogens (tertiary/aromatic N) is 1. The smallest absolute Gasteiger partial charge is 0.119 e. The standard InChI is InChI=1S/C15H17BrN2O/c1-11(12-4-3-5-15(8-12)19-2)17-10-14-7-6-13(16)9-18-14/h3-9,11,17H,10H2,1-2H3/t11-/m1/s1. The maximum absolute atomic E-state index is 5.24. The van der Waals surface area contributed by atoms with Gasteiger partial charge in [0.2, 0.25) is 0 Å². The van der Waals surface area contributed by atoms with Gasteiger partial charge in [-0.1, -0.05) is 12.1 Å². The van der Waals surface area contributed by atoms with Crippen molar-refractivity contribution in [2.24, 2.45) is 0 Å². The van der Waals surface area contributed by atoms with Gasteiger partial charge in [-0.05, 0) is 52.7 Å². The molecule has 1 heterocycles. The normalized spacial score (nSPS) is 12.2. The molecule has 2 rings (SSSR count). The van der Waals surface area contributed by atoms with E-state index in [1.807, 2.05) is 36.5 Å². The number of nitrogens with one attached hydrogen (secondary N) is 1. The Labute approximate surface area is 122 Å². The number of hydrogen-bond acceptors (Lipinski definition) is 3. The second kappa shape index (κ2) is 6.68. The minimum Gasteiger partial charge on any atom is -0.497 e. The number of aromatic nitrogens is 1. The molecule has 0 saturated heterocycles. The maximum Gasteiger partial charge on any atom is 0.119 e. The van der Waals surface area contributed by atoms with Crippen LogP contribution in [0.25, 0.3) is 0 Å². The van der Waals surface area contributed by atoms with Gasteiger partial charge in [0.1, 0.15) is 5.75 Å². The molecule has 1 aromatic carbocycles. The van der Waals surface area contributed by atoms with Gasteiger partial charge in [-0.15, -0.1) is 0 Å². The zero-order valence-electron chi connectivity index (χ0n) is 11.1. The molecule has 0 aliphatic rings. The zero-order chi connectivity index (χ0) is 13.7. The Kier molecular flexibility index (Phi) is 4.93. The Morgan fingerprint density at radius 1 is 1.32 bits per heavy atom. The van der Waals surface area contributed by atoms with Crippen molar-refractivity contribution >= 4 is 15.9 Å². The van der Waals surface area contributed by atoms with Crippen LogP contribution in [0.15, 0.2) is 47.1 Å². The number of ether oxygens (including phenoxy) is 1. The summed E-state index contributed by atoms with van der Waals surface area (Å²) in [5.41, 5.74) is 2.23. The van der Waals surface area contributed by atoms with Crippen LogP contribution in [0.4, 0.5) is 0 Å². The monoisotopic (exact) mass is 320 g/mol. The largest absolute Gasteiger partial charge is 0.497 e. The summed E-state index contributed by atoms with van der Waals surface area (Å²) in [6.07, 6.45) is 1.81. The molecular weight excluding hydrogens is 304 g/mol. The molecule has 0 amide bonds. The quantitative estimate of drug-likeness (QED) is 0.912. The number of rotatable bonds is 5. The van der Waals surface area contributed by atoms with Crippen LogP contribution in [-0.2, 0) is 6.54 Å². The molecule has 1 N–H and O–H groups in total. The minimum atomic E-state index is 0.251. The molecule has 19 heavy (non-hydrogen) atoms. The van der Waals surface area contributed by atoms with Crippen molar-refractivity contribution in [3.8, 4) is 5.75 Å². The molecule has 0 radical (unpaired) electrons. The molecule has 0 bridgehead atoms. The second-order valence-electron chi connectivity index (χ2n) is 4.35. The first-order valence-corrected chi connectivity index (χ1v) is 6.96. The highest BCUT2D eigenvalue weighted by molar-refractivity contribution is 9.10. The number of halogens is 1. The molecule has 3 nitrogen and oxygen atoms in total. The summed E-state index contributed by atoms with van der Waals surface area (Å²) in [6.45, 7) is 2.87. The third-order valence-corrected chi connectivity index (χ3v) is 3.44. The lowest BCUT2D eigenvalue weighted by molar-refractivity contribution is 0.413. The Morgan fingerprint density at radius 3 is 2.84 bits per heavy atom. The first-order chi connectivity index (χ1) is 9.19. The van der Waals surface area contributed by atoms with Crippen LogP contribution < -0.4 is 10.1 Å². The van der Waals surface area contributed by atoms with Crippen LogP contribution in [0.2, 0.25) is 0 Å². The van der Waals surface area contributed by atoms with E-state index in [9.17, 15) is 0 Å². The SMILES string of the molecule is COc1cccc([C@@H](C)NCc2ccc(Br)cn2)c1. The molecule has 1 atom stereocenters. The van der Waals surface area contributed by atoms with Crippen molar-refractivity contribution in [1.29, 1.82) is 0 Å². The third kappa shape index (κ3) is 4.04. The van der Waals surface area contributed by atoms with E-state index in [0.717, 1.165) is 22.5 Å². The van der Waals surface area contributed by atoms with Gasteiger partial charge in [-0.2, -0.15) is 0 Å². The predicted octanol–water partition coefficient (Wildman–Crippen LogP) is 3.70. The average Bonchev–Trinajstić information content (AvgIpc) is 2.46. The number of pyridine rings is 1. The van der Waals surface area contributed by atoms with Crippen molar-refractivity contribution in [2.45, 2.75) is 19.5 Å². The van der Waals surface area contributed by atoms with E-state index in [4.69, 9.17) is 4.74 Å². The van der Waals surface area contributed by atoms with Gasteiger partial charge < -0.3 is 10.1 Å². The topological polar surface area (TPSA) is 34.1 Å². The van der Waals surface area contributed by atoms with E-state index in [0.29, 0.717) is 0 Å². The molecular formula is C15H17BrN2O. The van der Waals surface area contributed by atoms with Gasteiger partial charge in [0.05, 0.1) is 12.8 Å². The lowest BCUT2D eigenvalue weighted by Gasteiger charge is -2.14. The lowest BCUT2D eigenvalue weighted by Crippen LogP contribution is -2.18. The fourth-order valence-electron chi connectivity index (χ4n) is 1.80. The molecule has 4 heteroatoms. The van der Waals surface area contributed by atoms with E-state index in [1.54, 1.807) is 7.11 Å². The number of hydrogen-bond donors (Lipinski definition) is 1. The fraction of sp³-hybridized carbons (Fsp3) is 0.267. The van der Waals surface area contributed by atoms with Gasteiger partial charge in [0.15, 0.2) is 0 Å². The maximum atomic E-state index is 5.24. The summed E-state index contributed by atoms with van der Waals surface area (Å²) in [6, 6.07) is 12.4. The molecule has 0 fully saturated rings. The summed E-state index contributed by atoms with van der Waals surface area (Å²) < 4.78 is 6.23. The highest BCUT2D eigenvalue weighted by Gasteiger charge is 2.06. The van der Waals surface area contributed by atoms with Crippen molar-refractivity contribution in [1.82, 2.24) is 10.3 Å². The fourth-order valence-corrected chi connectivity index (χ4v) is 2.03. The van der Waals surface area contributed by atoms with Crippen molar-refractivity contribution in [3.05, 3.63) is 58.3 Å². The van der Waals surface area contributed by atoms with Gasteiger partial charge in [0, 0.05) is 23.3 Å².